The molecule has 0 aliphatic carbocycles. The highest BCUT2D eigenvalue weighted by Crippen LogP contribution is 2.43. The van der Waals surface area contributed by atoms with Crippen molar-refractivity contribution in [1.82, 2.24) is 0 Å². The Kier molecular flexibility index (Phi) is 42.4. The molecule has 9 nitrogen and oxygen atoms in total. The van der Waals surface area contributed by atoms with E-state index in [1.165, 1.54) is 116 Å². The van der Waals surface area contributed by atoms with Gasteiger partial charge in [-0.15, -0.1) is 0 Å². The maximum absolute atomic E-state index is 12.6. The molecule has 0 aromatic heterocycles. The third-order valence-electron chi connectivity index (χ3n) is 10.0. The smallest absolute Gasteiger partial charge is 0.462 e. The normalized spacial score (nSPS) is 13.5. The lowest BCUT2D eigenvalue weighted by Gasteiger charge is -2.19. The minimum atomic E-state index is -4.38. The quantitative estimate of drug-likeness (QED) is 0.0266. The molecule has 1 unspecified atom stereocenters. The Labute approximate surface area is 350 Å². The first-order valence-corrected chi connectivity index (χ1v) is 25.0. The molecule has 0 aromatic rings. The largest absolute Gasteiger partial charge is 0.472 e. The number of phosphoric acid groups is 1. The van der Waals surface area contributed by atoms with Crippen LogP contribution in [0.1, 0.15) is 219 Å². The lowest BCUT2D eigenvalue weighted by atomic mass is 10.0. The lowest BCUT2D eigenvalue weighted by Crippen LogP contribution is -2.29. The number of allylic oxidation sites excluding steroid dienone is 6. The maximum Gasteiger partial charge on any atom is 0.472 e. The van der Waals surface area contributed by atoms with Crippen molar-refractivity contribution in [3.63, 3.8) is 0 Å². The molecule has 0 rings (SSSR count). The van der Waals surface area contributed by atoms with E-state index in [1.54, 1.807) is 0 Å². The standard InChI is InChI=1S/C47H88NO8P/c1-3-5-7-9-11-13-15-17-19-20-21-22-23-24-26-28-30-32-34-36-38-40-47(50)56-45(44-55-57(51,52)54-42-41-48)43-53-46(49)39-37-35-33-31-29-27-25-18-16-14-12-10-8-6-4-2/h6,8,12,14,18,25,45H,3-5,7,9-11,13,15-17,19-24,26-44,48H2,1-2H3,(H,51,52)/b8-6-,14-12-,25-18-/t45-/m1/s1. The average molecular weight is 826 g/mol. The van der Waals surface area contributed by atoms with Crippen LogP contribution in [0.5, 0.6) is 0 Å². The zero-order valence-corrected chi connectivity index (χ0v) is 37.7. The van der Waals surface area contributed by atoms with E-state index in [9.17, 15) is 19.0 Å². The van der Waals surface area contributed by atoms with Crippen molar-refractivity contribution in [3.05, 3.63) is 36.5 Å². The first kappa shape index (κ1) is 55.2. The lowest BCUT2D eigenvalue weighted by molar-refractivity contribution is -0.161. The highest BCUT2D eigenvalue weighted by Gasteiger charge is 2.26. The second-order valence-electron chi connectivity index (χ2n) is 15.6. The molecule has 57 heavy (non-hydrogen) atoms. The Hall–Kier alpha value is -1.77. The topological polar surface area (TPSA) is 134 Å². The molecule has 0 fully saturated rings. The molecule has 0 saturated heterocycles. The number of nitrogens with two attached hydrogens (primary N) is 1. The number of rotatable bonds is 44. The van der Waals surface area contributed by atoms with E-state index in [0.717, 1.165) is 64.2 Å². The number of ether oxygens (including phenoxy) is 2. The SMILES string of the molecule is CC/C=C\C/C=C\C/C=C\CCCCCCCC(=O)OC[C@H](COP(=O)(O)OCCN)OC(=O)CCCCCCCCCCCCCCCCCCCCCCC. The van der Waals surface area contributed by atoms with Gasteiger partial charge < -0.3 is 20.1 Å². The van der Waals surface area contributed by atoms with Crippen LogP contribution in [-0.2, 0) is 32.7 Å². The average Bonchev–Trinajstić information content (AvgIpc) is 3.20. The zero-order chi connectivity index (χ0) is 41.8. The van der Waals surface area contributed by atoms with Crippen LogP contribution in [0.15, 0.2) is 36.5 Å². The van der Waals surface area contributed by atoms with E-state index in [2.05, 4.69) is 50.3 Å². The summed E-state index contributed by atoms with van der Waals surface area (Å²) in [6.45, 7) is 3.63. The molecule has 2 atom stereocenters. The second kappa shape index (κ2) is 43.8. The molecule has 0 heterocycles. The highest BCUT2D eigenvalue weighted by atomic mass is 31.2. The molecule has 0 saturated carbocycles. The Morgan fingerprint density at radius 2 is 0.965 bits per heavy atom. The first-order valence-electron chi connectivity index (χ1n) is 23.5. The van der Waals surface area contributed by atoms with Crippen molar-refractivity contribution >= 4 is 19.8 Å². The van der Waals surface area contributed by atoms with Crippen molar-refractivity contribution in [2.24, 2.45) is 5.73 Å². The molecule has 0 bridgehead atoms. The van der Waals surface area contributed by atoms with Crippen molar-refractivity contribution in [3.8, 4) is 0 Å². The number of phosphoric ester groups is 1. The van der Waals surface area contributed by atoms with Gasteiger partial charge in [-0.05, 0) is 44.9 Å². The van der Waals surface area contributed by atoms with Crippen LogP contribution < -0.4 is 5.73 Å². The van der Waals surface area contributed by atoms with Crippen molar-refractivity contribution in [1.29, 1.82) is 0 Å². The molecular weight excluding hydrogens is 737 g/mol. The third kappa shape index (κ3) is 43.6. The van der Waals surface area contributed by atoms with Crippen molar-refractivity contribution in [2.45, 2.75) is 225 Å². The molecule has 0 amide bonds. The Morgan fingerprint density at radius 1 is 0.544 bits per heavy atom. The second-order valence-corrected chi connectivity index (χ2v) is 17.1. The van der Waals surface area contributed by atoms with Gasteiger partial charge in [0.25, 0.3) is 0 Å². The summed E-state index contributed by atoms with van der Waals surface area (Å²) < 4.78 is 32.8. The van der Waals surface area contributed by atoms with E-state index in [-0.39, 0.29) is 32.6 Å². The fourth-order valence-corrected chi connectivity index (χ4v) is 7.36. The fraction of sp³-hybridized carbons (Fsp3) is 0.830. The summed E-state index contributed by atoms with van der Waals surface area (Å²) >= 11 is 0. The van der Waals surface area contributed by atoms with E-state index in [0.29, 0.717) is 12.8 Å². The van der Waals surface area contributed by atoms with Crippen LogP contribution in [0, 0.1) is 0 Å². The minimum Gasteiger partial charge on any atom is -0.462 e. The summed E-state index contributed by atoms with van der Waals surface area (Å²) in [6.07, 6.45) is 48.9. The molecule has 3 N–H and O–H groups in total. The number of carbonyl (C=O) groups is 2. The molecule has 0 aromatic carbocycles. The summed E-state index contributed by atoms with van der Waals surface area (Å²) in [5.41, 5.74) is 5.35. The molecule has 334 valence electrons. The molecule has 10 heteroatoms. The van der Waals surface area contributed by atoms with Gasteiger partial charge in [-0.2, -0.15) is 0 Å². The van der Waals surface area contributed by atoms with E-state index < -0.39 is 32.5 Å². The van der Waals surface area contributed by atoms with Gasteiger partial charge in [0.1, 0.15) is 6.61 Å². The van der Waals surface area contributed by atoms with Crippen molar-refractivity contribution in [2.75, 3.05) is 26.4 Å². The highest BCUT2D eigenvalue weighted by molar-refractivity contribution is 7.47. The van der Waals surface area contributed by atoms with Crippen LogP contribution >= 0.6 is 7.82 Å². The number of hydrogen-bond acceptors (Lipinski definition) is 8. The van der Waals surface area contributed by atoms with Gasteiger partial charge in [-0.1, -0.05) is 198 Å². The number of carbonyl (C=O) groups excluding carboxylic acids is 2. The monoisotopic (exact) mass is 826 g/mol. The summed E-state index contributed by atoms with van der Waals surface area (Å²) in [5.74, 6) is -0.840. The maximum atomic E-state index is 12.6. The van der Waals surface area contributed by atoms with Crippen LogP contribution in [0.4, 0.5) is 0 Å². The summed E-state index contributed by atoms with van der Waals surface area (Å²) in [4.78, 5) is 34.9. The fourth-order valence-electron chi connectivity index (χ4n) is 6.59. The zero-order valence-electron chi connectivity index (χ0n) is 36.8. The molecule has 0 aliphatic heterocycles. The van der Waals surface area contributed by atoms with Gasteiger partial charge in [0.2, 0.25) is 0 Å². The van der Waals surface area contributed by atoms with Crippen LogP contribution in [-0.4, -0.2) is 49.3 Å². The minimum absolute atomic E-state index is 0.0515. The van der Waals surface area contributed by atoms with Gasteiger partial charge in [0, 0.05) is 19.4 Å². The Balaban J connectivity index is 4.07. The van der Waals surface area contributed by atoms with Gasteiger partial charge in [-0.3, -0.25) is 18.6 Å². The van der Waals surface area contributed by atoms with E-state index in [1.807, 2.05) is 0 Å². The number of hydrogen-bond donors (Lipinski definition) is 2. The number of esters is 2. The van der Waals surface area contributed by atoms with Crippen LogP contribution in [0.3, 0.4) is 0 Å². The Morgan fingerprint density at radius 3 is 1.44 bits per heavy atom. The number of unbranched alkanes of at least 4 members (excludes halogenated alkanes) is 25. The van der Waals surface area contributed by atoms with E-state index in [4.69, 9.17) is 24.3 Å². The third-order valence-corrected chi connectivity index (χ3v) is 11.0. The first-order chi connectivity index (χ1) is 27.8. The summed E-state index contributed by atoms with van der Waals surface area (Å²) in [6, 6.07) is 0. The Bertz CT molecular complexity index is 1030. The van der Waals surface area contributed by atoms with Gasteiger partial charge in [0.05, 0.1) is 13.2 Å². The molecule has 0 radical (unpaired) electrons. The van der Waals surface area contributed by atoms with Crippen molar-refractivity contribution < 1.29 is 37.6 Å². The van der Waals surface area contributed by atoms with Crippen LogP contribution in [0.2, 0.25) is 0 Å². The predicted octanol–water partition coefficient (Wildman–Crippen LogP) is 13.7. The van der Waals surface area contributed by atoms with Gasteiger partial charge in [0.15, 0.2) is 6.10 Å². The predicted molar refractivity (Wildman–Crippen MR) is 238 cm³/mol. The van der Waals surface area contributed by atoms with Gasteiger partial charge in [-0.25, -0.2) is 4.57 Å². The summed E-state index contributed by atoms with van der Waals surface area (Å²) in [7, 11) is -4.38. The molecule has 0 spiro atoms. The van der Waals surface area contributed by atoms with E-state index >= 15 is 0 Å². The van der Waals surface area contributed by atoms with Gasteiger partial charge >= 0.3 is 19.8 Å². The van der Waals surface area contributed by atoms with Crippen LogP contribution in [0.25, 0.3) is 0 Å². The summed E-state index contributed by atoms with van der Waals surface area (Å²) in [5, 5.41) is 0. The molecule has 0 aliphatic rings. The molecular formula is C47H88NO8P.